The lowest BCUT2D eigenvalue weighted by Gasteiger charge is -2.27. The molecule has 9 heteroatoms. The molecule has 7 nitrogen and oxygen atoms in total. The van der Waals surface area contributed by atoms with Crippen molar-refractivity contribution < 1.29 is 12.8 Å². The Hall–Kier alpha value is -3.56. The summed E-state index contributed by atoms with van der Waals surface area (Å²) in [6.45, 7) is 3.06. The van der Waals surface area contributed by atoms with Crippen LogP contribution in [0.4, 0.5) is 4.39 Å². The topological polar surface area (TPSA) is 73.0 Å². The molecular weight excluding hydrogens is 501 g/mol. The van der Waals surface area contributed by atoms with E-state index in [2.05, 4.69) is 53.6 Å². The molecule has 38 heavy (non-hydrogen) atoms. The zero-order chi connectivity index (χ0) is 26.2. The molecule has 0 spiro atoms. The van der Waals surface area contributed by atoms with Crippen molar-refractivity contribution >= 4 is 20.9 Å². The maximum absolute atomic E-state index is 13.6. The highest BCUT2D eigenvalue weighted by molar-refractivity contribution is 7.89. The quantitative estimate of drug-likeness (QED) is 0.381. The van der Waals surface area contributed by atoms with Crippen LogP contribution in [-0.4, -0.2) is 45.4 Å². The third-order valence-corrected chi connectivity index (χ3v) is 10.5. The predicted octanol–water partition coefficient (Wildman–Crippen LogP) is 4.53. The van der Waals surface area contributed by atoms with Crippen LogP contribution in [0.1, 0.15) is 17.5 Å². The summed E-state index contributed by atoms with van der Waals surface area (Å²) in [5.41, 5.74) is 3.80. The van der Waals surface area contributed by atoms with Gasteiger partial charge in [0.15, 0.2) is 0 Å². The van der Waals surface area contributed by atoms with Gasteiger partial charge in [-0.2, -0.15) is 14.5 Å². The molecule has 2 fully saturated rings. The Morgan fingerprint density at radius 3 is 2.61 bits per heavy atom. The number of aromatic nitrogens is 4. The van der Waals surface area contributed by atoms with Gasteiger partial charge >= 0.3 is 0 Å². The SMILES string of the molecule is Cc1cc2c(cnn2-c2ccc(F)cc2)cc1[C@@]12CN(S(=O)(=O)c3cnn(C)c3)C[C@@H]1[C@H]2C1C=CC=CC1. The van der Waals surface area contributed by atoms with Crippen LogP contribution in [0.3, 0.4) is 0 Å². The fraction of sp³-hybridized carbons (Fsp3) is 0.310. The Bertz CT molecular complexity index is 1740. The van der Waals surface area contributed by atoms with E-state index in [9.17, 15) is 12.8 Å². The molecule has 1 aliphatic heterocycles. The minimum atomic E-state index is -3.64. The van der Waals surface area contributed by atoms with Crippen molar-refractivity contribution in [2.75, 3.05) is 13.1 Å². The minimum Gasteiger partial charge on any atom is -0.274 e. The fourth-order valence-electron chi connectivity index (χ4n) is 6.97. The van der Waals surface area contributed by atoms with Crippen molar-refractivity contribution in [2.45, 2.75) is 23.7 Å². The molecule has 2 aliphatic carbocycles. The van der Waals surface area contributed by atoms with E-state index in [-0.39, 0.29) is 22.0 Å². The molecular formula is C29H28FN5O2S. The van der Waals surface area contributed by atoms with Gasteiger partial charge in [-0.3, -0.25) is 4.68 Å². The number of aryl methyl sites for hydroxylation is 2. The molecule has 0 amide bonds. The molecule has 0 radical (unpaired) electrons. The Labute approximate surface area is 220 Å². The Morgan fingerprint density at radius 1 is 1.08 bits per heavy atom. The number of nitrogens with zero attached hydrogens (tertiary/aromatic N) is 5. The Balaban J connectivity index is 1.31. The van der Waals surface area contributed by atoms with Gasteiger partial charge in [0.05, 0.1) is 23.6 Å². The second-order valence-electron chi connectivity index (χ2n) is 10.8. The minimum absolute atomic E-state index is 0.235. The predicted molar refractivity (Wildman–Crippen MR) is 143 cm³/mol. The standard InChI is InChI=1S/C29H28FN5O2S/c1-19-12-27-21(14-32-35(27)23-10-8-22(30)9-11-23)13-25(19)29-18-34(38(36,37)24-15-31-33(2)16-24)17-26(29)28(29)20-6-4-3-5-7-20/h3-6,8-16,20,26,28H,7,17-18H2,1-2H3/t20?,26-,28-,29+/m1/s1. The van der Waals surface area contributed by atoms with E-state index in [0.717, 1.165) is 28.6 Å². The van der Waals surface area contributed by atoms with Crippen molar-refractivity contribution in [2.24, 2.45) is 24.8 Å². The van der Waals surface area contributed by atoms with Crippen molar-refractivity contribution in [3.8, 4) is 5.69 Å². The highest BCUT2D eigenvalue weighted by Gasteiger charge is 2.72. The molecule has 1 saturated carbocycles. The smallest absolute Gasteiger partial charge is 0.246 e. The monoisotopic (exact) mass is 529 g/mol. The fourth-order valence-corrected chi connectivity index (χ4v) is 8.47. The first-order valence-corrected chi connectivity index (χ1v) is 14.3. The second kappa shape index (κ2) is 8.22. The van der Waals surface area contributed by atoms with Gasteiger partial charge in [-0.25, -0.2) is 17.5 Å². The van der Waals surface area contributed by atoms with E-state index >= 15 is 0 Å². The van der Waals surface area contributed by atoms with Crippen LogP contribution in [0.5, 0.6) is 0 Å². The van der Waals surface area contributed by atoms with Gasteiger partial charge in [-0.15, -0.1) is 0 Å². The zero-order valence-corrected chi connectivity index (χ0v) is 22.0. The molecule has 4 aromatic rings. The lowest BCUT2D eigenvalue weighted by molar-refractivity contribution is 0.361. The molecule has 0 bridgehead atoms. The lowest BCUT2D eigenvalue weighted by Crippen LogP contribution is -2.36. The molecule has 7 rings (SSSR count). The average Bonchev–Trinajstić information content (AvgIpc) is 3.34. The third kappa shape index (κ3) is 3.38. The number of rotatable bonds is 5. The summed E-state index contributed by atoms with van der Waals surface area (Å²) in [4.78, 5) is 0.237. The van der Waals surface area contributed by atoms with Crippen LogP contribution < -0.4 is 0 Å². The van der Waals surface area contributed by atoms with E-state index in [1.165, 1.54) is 28.6 Å². The summed E-state index contributed by atoms with van der Waals surface area (Å²) in [7, 11) is -1.91. The first kappa shape index (κ1) is 23.5. The largest absolute Gasteiger partial charge is 0.274 e. The van der Waals surface area contributed by atoms with Gasteiger partial charge in [0.1, 0.15) is 10.7 Å². The maximum atomic E-state index is 13.6. The maximum Gasteiger partial charge on any atom is 0.246 e. The van der Waals surface area contributed by atoms with Gasteiger partial charge < -0.3 is 0 Å². The van der Waals surface area contributed by atoms with Crippen LogP contribution in [0.25, 0.3) is 16.6 Å². The van der Waals surface area contributed by atoms with Crippen LogP contribution >= 0.6 is 0 Å². The third-order valence-electron chi connectivity index (χ3n) is 8.70. The van der Waals surface area contributed by atoms with Crippen LogP contribution in [-0.2, 0) is 22.5 Å². The second-order valence-corrected chi connectivity index (χ2v) is 12.7. The highest BCUT2D eigenvalue weighted by atomic mass is 32.2. The van der Waals surface area contributed by atoms with E-state index in [1.54, 1.807) is 29.7 Å². The summed E-state index contributed by atoms with van der Waals surface area (Å²) in [6.07, 6.45) is 14.5. The first-order chi connectivity index (χ1) is 18.3. The number of allylic oxidation sites excluding steroid dienone is 4. The molecule has 194 valence electrons. The summed E-state index contributed by atoms with van der Waals surface area (Å²) in [6, 6.07) is 10.6. The number of hydrogen-bond donors (Lipinski definition) is 0. The van der Waals surface area contributed by atoms with Gasteiger partial charge in [0.25, 0.3) is 0 Å². The molecule has 1 saturated heterocycles. The summed E-state index contributed by atoms with van der Waals surface area (Å²) < 4.78 is 45.6. The van der Waals surface area contributed by atoms with Crippen LogP contribution in [0.2, 0.25) is 0 Å². The van der Waals surface area contributed by atoms with Crippen molar-refractivity contribution in [3.05, 3.63) is 96.2 Å². The Kier molecular flexibility index (Phi) is 5.09. The van der Waals surface area contributed by atoms with Crippen LogP contribution in [0, 0.1) is 30.5 Å². The van der Waals surface area contributed by atoms with Crippen molar-refractivity contribution in [3.63, 3.8) is 0 Å². The van der Waals surface area contributed by atoms with Gasteiger partial charge in [0.2, 0.25) is 10.0 Å². The Morgan fingerprint density at radius 2 is 1.89 bits per heavy atom. The first-order valence-electron chi connectivity index (χ1n) is 12.9. The van der Waals surface area contributed by atoms with Gasteiger partial charge in [-0.1, -0.05) is 24.3 Å². The number of halogens is 1. The molecule has 2 aromatic carbocycles. The highest BCUT2D eigenvalue weighted by Crippen LogP contribution is 2.69. The van der Waals surface area contributed by atoms with E-state index in [4.69, 9.17) is 0 Å². The molecule has 4 atom stereocenters. The van der Waals surface area contributed by atoms with Crippen LogP contribution in [0.15, 0.2) is 84.2 Å². The van der Waals surface area contributed by atoms with E-state index in [1.807, 2.05) is 10.9 Å². The number of fused-ring (bicyclic) bond motifs is 2. The van der Waals surface area contributed by atoms with Crippen molar-refractivity contribution in [1.82, 2.24) is 23.9 Å². The number of piperidine rings is 1. The number of hydrogen-bond acceptors (Lipinski definition) is 4. The molecule has 0 N–H and O–H groups in total. The molecule has 2 aromatic heterocycles. The van der Waals surface area contributed by atoms with E-state index in [0.29, 0.717) is 24.9 Å². The lowest BCUT2D eigenvalue weighted by atomic mass is 9.83. The zero-order valence-electron chi connectivity index (χ0n) is 21.2. The average molecular weight is 530 g/mol. The van der Waals surface area contributed by atoms with Gasteiger partial charge in [0, 0.05) is 37.1 Å². The van der Waals surface area contributed by atoms with Crippen molar-refractivity contribution in [1.29, 1.82) is 0 Å². The summed E-state index contributed by atoms with van der Waals surface area (Å²) in [5, 5.41) is 9.68. The molecule has 1 unspecified atom stereocenters. The van der Waals surface area contributed by atoms with Gasteiger partial charge in [-0.05, 0) is 78.6 Å². The molecule has 3 aliphatic rings. The summed E-state index contributed by atoms with van der Waals surface area (Å²) >= 11 is 0. The van der Waals surface area contributed by atoms with E-state index < -0.39 is 10.0 Å². The number of sulfonamides is 1. The normalized spacial score (nSPS) is 26.8. The number of benzene rings is 2. The molecule has 3 heterocycles. The summed E-state index contributed by atoms with van der Waals surface area (Å²) in [5.74, 6) is 0.697.